The molecule has 3 fully saturated rings. The van der Waals surface area contributed by atoms with Gasteiger partial charge in [-0.2, -0.15) is 0 Å². The molecule has 2 atom stereocenters. The SMILES string of the molecule is C=CCOc1ccc(CN2CC3C(CNc4ccc(N5CCOCC5)c(F)c4)C3C2)cc1. The molecule has 1 saturated carbocycles. The highest BCUT2D eigenvalue weighted by Gasteiger charge is 2.54. The number of rotatable bonds is 9. The molecule has 32 heavy (non-hydrogen) atoms. The van der Waals surface area contributed by atoms with Crippen LogP contribution in [0.1, 0.15) is 5.56 Å². The molecule has 1 aliphatic carbocycles. The Morgan fingerprint density at radius 2 is 1.84 bits per heavy atom. The lowest BCUT2D eigenvalue weighted by Crippen LogP contribution is -2.36. The maximum Gasteiger partial charge on any atom is 0.148 e. The molecule has 3 aliphatic rings. The molecular weight excluding hydrogens is 405 g/mol. The second kappa shape index (κ2) is 9.51. The quantitative estimate of drug-likeness (QED) is 0.600. The van der Waals surface area contributed by atoms with Crippen molar-refractivity contribution >= 4 is 11.4 Å². The van der Waals surface area contributed by atoms with E-state index in [4.69, 9.17) is 9.47 Å². The fraction of sp³-hybridized carbons (Fsp3) is 0.462. The van der Waals surface area contributed by atoms with Gasteiger partial charge < -0.3 is 19.7 Å². The molecule has 2 aromatic carbocycles. The van der Waals surface area contributed by atoms with Crippen molar-refractivity contribution < 1.29 is 13.9 Å². The van der Waals surface area contributed by atoms with Gasteiger partial charge in [0.25, 0.3) is 0 Å². The summed E-state index contributed by atoms with van der Waals surface area (Å²) in [5.41, 5.74) is 2.88. The Morgan fingerprint density at radius 1 is 1.09 bits per heavy atom. The van der Waals surface area contributed by atoms with Gasteiger partial charge in [0.15, 0.2) is 0 Å². The Labute approximate surface area is 189 Å². The Hall–Kier alpha value is -2.57. The third-order valence-electron chi connectivity index (χ3n) is 6.99. The Morgan fingerprint density at radius 3 is 2.53 bits per heavy atom. The molecule has 2 aliphatic heterocycles. The van der Waals surface area contributed by atoms with E-state index in [-0.39, 0.29) is 5.82 Å². The summed E-state index contributed by atoms with van der Waals surface area (Å²) in [6.45, 7) is 11.2. The van der Waals surface area contributed by atoms with Gasteiger partial charge in [-0.1, -0.05) is 24.8 Å². The number of nitrogens with one attached hydrogen (secondary N) is 1. The maximum absolute atomic E-state index is 14.6. The van der Waals surface area contributed by atoms with Crippen LogP contribution < -0.4 is 15.0 Å². The van der Waals surface area contributed by atoms with Crippen molar-refractivity contribution in [3.05, 3.63) is 66.5 Å². The van der Waals surface area contributed by atoms with E-state index in [0.717, 1.165) is 62.5 Å². The lowest BCUT2D eigenvalue weighted by atomic mass is 10.2. The predicted molar refractivity (Wildman–Crippen MR) is 126 cm³/mol. The number of anilines is 2. The molecule has 2 unspecified atom stereocenters. The van der Waals surface area contributed by atoms with Crippen LogP contribution in [0.5, 0.6) is 5.75 Å². The molecule has 2 heterocycles. The predicted octanol–water partition coefficient (Wildman–Crippen LogP) is 4.02. The summed E-state index contributed by atoms with van der Waals surface area (Å²) in [5, 5.41) is 3.47. The zero-order valence-corrected chi connectivity index (χ0v) is 18.5. The second-order valence-corrected chi connectivity index (χ2v) is 9.08. The summed E-state index contributed by atoms with van der Waals surface area (Å²) in [4.78, 5) is 4.60. The highest BCUT2D eigenvalue weighted by molar-refractivity contribution is 5.56. The van der Waals surface area contributed by atoms with Gasteiger partial charge in [0.2, 0.25) is 0 Å². The van der Waals surface area contributed by atoms with Crippen molar-refractivity contribution in [1.82, 2.24) is 4.90 Å². The number of piperidine rings is 1. The van der Waals surface area contributed by atoms with Gasteiger partial charge in [0.05, 0.1) is 18.9 Å². The Balaban J connectivity index is 1.06. The Bertz CT molecular complexity index is 917. The van der Waals surface area contributed by atoms with Crippen molar-refractivity contribution in [2.75, 3.05) is 62.8 Å². The van der Waals surface area contributed by atoms with Crippen LogP contribution in [0.3, 0.4) is 0 Å². The van der Waals surface area contributed by atoms with Crippen molar-refractivity contribution in [3.8, 4) is 5.75 Å². The third-order valence-corrected chi connectivity index (χ3v) is 6.99. The standard InChI is InChI=1S/C26H32FN3O2/c1-2-11-32-21-6-3-19(4-7-21)16-29-17-23-22(24(23)18-29)15-28-20-5-8-26(25(27)14-20)30-9-12-31-13-10-30/h2-8,14,22-24,28H,1,9-13,15-18H2. The first kappa shape index (κ1) is 21.3. The summed E-state index contributed by atoms with van der Waals surface area (Å²) >= 11 is 0. The summed E-state index contributed by atoms with van der Waals surface area (Å²) in [6, 6.07) is 13.9. The summed E-state index contributed by atoms with van der Waals surface area (Å²) in [5.74, 6) is 2.95. The van der Waals surface area contributed by atoms with Crippen LogP contribution in [0.15, 0.2) is 55.1 Å². The number of hydrogen-bond donors (Lipinski definition) is 1. The van der Waals surface area contributed by atoms with Gasteiger partial charge in [-0.3, -0.25) is 4.90 Å². The minimum Gasteiger partial charge on any atom is -0.490 e. The van der Waals surface area contributed by atoms with Crippen LogP contribution in [0.25, 0.3) is 0 Å². The second-order valence-electron chi connectivity index (χ2n) is 9.08. The lowest BCUT2D eigenvalue weighted by molar-refractivity contribution is 0.122. The Kier molecular flexibility index (Phi) is 6.32. The molecule has 0 spiro atoms. The van der Waals surface area contributed by atoms with Crippen LogP contribution in [-0.2, 0) is 11.3 Å². The molecular formula is C26H32FN3O2. The lowest BCUT2D eigenvalue weighted by Gasteiger charge is -2.29. The van der Waals surface area contributed by atoms with Crippen molar-refractivity contribution in [2.45, 2.75) is 6.54 Å². The molecule has 2 aromatic rings. The van der Waals surface area contributed by atoms with E-state index in [1.54, 1.807) is 12.1 Å². The highest BCUT2D eigenvalue weighted by Crippen LogP contribution is 2.51. The number of ether oxygens (including phenoxy) is 2. The minimum atomic E-state index is -0.153. The van der Waals surface area contributed by atoms with E-state index >= 15 is 0 Å². The van der Waals surface area contributed by atoms with Crippen molar-refractivity contribution in [3.63, 3.8) is 0 Å². The molecule has 0 radical (unpaired) electrons. The van der Waals surface area contributed by atoms with E-state index in [1.807, 2.05) is 24.3 Å². The van der Waals surface area contributed by atoms with Crippen molar-refractivity contribution in [1.29, 1.82) is 0 Å². The van der Waals surface area contributed by atoms with Crippen LogP contribution in [0.4, 0.5) is 15.8 Å². The average molecular weight is 438 g/mol. The first-order chi connectivity index (χ1) is 15.7. The topological polar surface area (TPSA) is 37.0 Å². The van der Waals surface area contributed by atoms with E-state index in [0.29, 0.717) is 31.4 Å². The number of hydrogen-bond acceptors (Lipinski definition) is 5. The zero-order valence-electron chi connectivity index (χ0n) is 18.5. The molecule has 6 heteroatoms. The van der Waals surface area contributed by atoms with Gasteiger partial charge in [-0.25, -0.2) is 4.39 Å². The number of fused-ring (bicyclic) bond motifs is 1. The van der Waals surface area contributed by atoms with Crippen LogP contribution >= 0.6 is 0 Å². The molecule has 170 valence electrons. The molecule has 5 rings (SSSR count). The molecule has 1 N–H and O–H groups in total. The average Bonchev–Trinajstić information content (AvgIpc) is 3.28. The molecule has 5 nitrogen and oxygen atoms in total. The molecule has 0 bridgehead atoms. The summed E-state index contributed by atoms with van der Waals surface area (Å²) < 4.78 is 25.5. The van der Waals surface area contributed by atoms with E-state index < -0.39 is 0 Å². The van der Waals surface area contributed by atoms with Gasteiger partial charge in [-0.05, 0) is 53.6 Å². The van der Waals surface area contributed by atoms with E-state index in [9.17, 15) is 4.39 Å². The fourth-order valence-electron chi connectivity index (χ4n) is 5.19. The van der Waals surface area contributed by atoms with Gasteiger partial charge in [0, 0.05) is 45.0 Å². The minimum absolute atomic E-state index is 0.153. The third kappa shape index (κ3) is 4.76. The van der Waals surface area contributed by atoms with Gasteiger partial charge in [-0.15, -0.1) is 0 Å². The van der Waals surface area contributed by atoms with Crippen LogP contribution in [0.2, 0.25) is 0 Å². The normalized spacial score (nSPS) is 24.8. The largest absolute Gasteiger partial charge is 0.490 e. The monoisotopic (exact) mass is 437 g/mol. The number of likely N-dealkylation sites (tertiary alicyclic amines) is 1. The smallest absolute Gasteiger partial charge is 0.148 e. The summed E-state index contributed by atoms with van der Waals surface area (Å²) in [7, 11) is 0. The maximum atomic E-state index is 14.6. The van der Waals surface area contributed by atoms with E-state index in [2.05, 4.69) is 33.8 Å². The van der Waals surface area contributed by atoms with Gasteiger partial charge in [0.1, 0.15) is 18.2 Å². The van der Waals surface area contributed by atoms with Crippen LogP contribution in [-0.4, -0.2) is 57.4 Å². The highest BCUT2D eigenvalue weighted by atomic mass is 19.1. The number of nitrogens with zero attached hydrogens (tertiary/aromatic N) is 2. The zero-order chi connectivity index (χ0) is 21.9. The van der Waals surface area contributed by atoms with Crippen LogP contribution in [0, 0.1) is 23.6 Å². The summed E-state index contributed by atoms with van der Waals surface area (Å²) in [6.07, 6.45) is 1.76. The first-order valence-electron chi connectivity index (χ1n) is 11.6. The molecule has 0 aromatic heterocycles. The first-order valence-corrected chi connectivity index (χ1v) is 11.6. The van der Waals surface area contributed by atoms with Gasteiger partial charge >= 0.3 is 0 Å². The molecule has 2 saturated heterocycles. The number of halogens is 1. The fourth-order valence-corrected chi connectivity index (χ4v) is 5.19. The number of benzene rings is 2. The van der Waals surface area contributed by atoms with E-state index in [1.165, 1.54) is 5.56 Å². The number of morpholine rings is 1. The van der Waals surface area contributed by atoms with Crippen molar-refractivity contribution in [2.24, 2.45) is 17.8 Å². The molecule has 0 amide bonds.